The third kappa shape index (κ3) is 15.9. The predicted octanol–water partition coefficient (Wildman–Crippen LogP) is -1.16. The molecular weight excluding hydrogens is 548 g/mol. The highest BCUT2D eigenvalue weighted by Gasteiger charge is 2.27. The van der Waals surface area contributed by atoms with Crippen LogP contribution in [-0.2, 0) is 28.8 Å². The molecule has 0 radical (unpaired) electrons. The highest BCUT2D eigenvalue weighted by atomic mass is 16.4. The number of aliphatic carboxylic acids is 2. The van der Waals surface area contributed by atoms with Gasteiger partial charge >= 0.3 is 11.9 Å². The minimum Gasteiger partial charge on any atom is -0.480 e. The molecule has 0 bridgehead atoms. The Labute approximate surface area is 248 Å². The van der Waals surface area contributed by atoms with Crippen LogP contribution in [0.1, 0.15) is 41.5 Å². The molecule has 1 aliphatic heterocycles. The summed E-state index contributed by atoms with van der Waals surface area (Å²) in [5, 5.41) is 22.6. The normalized spacial score (nSPS) is 17.5. The first kappa shape index (κ1) is 37.1. The number of Topliss-reactive ketones (excluding diaryl/α,β-unsaturated/α-hetero) is 2. The first-order valence-electron chi connectivity index (χ1n) is 14.3. The second kappa shape index (κ2) is 17.2. The molecule has 1 heterocycles. The van der Waals surface area contributed by atoms with E-state index in [9.17, 15) is 28.8 Å². The quantitative estimate of drug-likeness (QED) is 0.212. The molecule has 14 heteroatoms. The van der Waals surface area contributed by atoms with Gasteiger partial charge in [0.2, 0.25) is 11.8 Å². The Balaban J connectivity index is 3.19. The lowest BCUT2D eigenvalue weighted by atomic mass is 9.90. The van der Waals surface area contributed by atoms with E-state index in [4.69, 9.17) is 10.2 Å². The summed E-state index contributed by atoms with van der Waals surface area (Å²) in [6.45, 7) is 13.8. The van der Waals surface area contributed by atoms with Gasteiger partial charge in [-0.25, -0.2) is 0 Å². The van der Waals surface area contributed by atoms with Crippen molar-refractivity contribution in [3.8, 4) is 0 Å². The van der Waals surface area contributed by atoms with Gasteiger partial charge in [0.15, 0.2) is 11.6 Å². The lowest BCUT2D eigenvalue weighted by Crippen LogP contribution is -2.51. The topological polar surface area (TPSA) is 180 Å². The number of carbonyl (C=O) groups excluding carboxylic acids is 4. The maximum atomic E-state index is 12.9. The van der Waals surface area contributed by atoms with Gasteiger partial charge in [0.1, 0.15) is 13.1 Å². The van der Waals surface area contributed by atoms with Gasteiger partial charge in [0, 0.05) is 63.2 Å². The Hall–Kier alpha value is -2.94. The highest BCUT2D eigenvalue weighted by molar-refractivity contribution is 5.86. The number of carboxylic acids is 2. The van der Waals surface area contributed by atoms with E-state index in [2.05, 4.69) is 10.6 Å². The number of rotatable bonds is 12. The van der Waals surface area contributed by atoms with Crippen LogP contribution in [0.2, 0.25) is 0 Å². The van der Waals surface area contributed by atoms with E-state index in [0.717, 1.165) is 0 Å². The summed E-state index contributed by atoms with van der Waals surface area (Å²) in [4.78, 5) is 80.3. The maximum absolute atomic E-state index is 12.9. The smallest absolute Gasteiger partial charge is 0.322 e. The van der Waals surface area contributed by atoms with E-state index in [1.807, 2.05) is 61.1 Å². The first-order chi connectivity index (χ1) is 19.4. The van der Waals surface area contributed by atoms with E-state index >= 15 is 0 Å². The summed E-state index contributed by atoms with van der Waals surface area (Å²) in [6, 6.07) is 0. The van der Waals surface area contributed by atoms with E-state index in [1.165, 1.54) is 0 Å². The van der Waals surface area contributed by atoms with Crippen molar-refractivity contribution in [3.63, 3.8) is 0 Å². The molecule has 14 nitrogen and oxygen atoms in total. The van der Waals surface area contributed by atoms with Crippen LogP contribution in [0.25, 0.3) is 0 Å². The highest BCUT2D eigenvalue weighted by Crippen LogP contribution is 2.16. The summed E-state index contributed by atoms with van der Waals surface area (Å²) >= 11 is 0. The second-order valence-electron chi connectivity index (χ2n) is 12.8. The van der Waals surface area contributed by atoms with Crippen LogP contribution in [0.4, 0.5) is 0 Å². The van der Waals surface area contributed by atoms with Crippen molar-refractivity contribution in [2.24, 2.45) is 10.8 Å². The Morgan fingerprint density at radius 2 is 0.738 bits per heavy atom. The van der Waals surface area contributed by atoms with Gasteiger partial charge in [-0.1, -0.05) is 41.5 Å². The fourth-order valence-electron chi connectivity index (χ4n) is 3.96. The minimum atomic E-state index is -1.14. The number of carboxylic acid groups (broad SMARTS) is 2. The fourth-order valence-corrected chi connectivity index (χ4v) is 3.96. The van der Waals surface area contributed by atoms with Crippen LogP contribution in [0.15, 0.2) is 0 Å². The van der Waals surface area contributed by atoms with Gasteiger partial charge in [-0.3, -0.25) is 48.4 Å². The zero-order valence-electron chi connectivity index (χ0n) is 26.0. The van der Waals surface area contributed by atoms with Gasteiger partial charge in [-0.2, -0.15) is 0 Å². The Kier molecular flexibility index (Phi) is 15.2. The predicted molar refractivity (Wildman–Crippen MR) is 156 cm³/mol. The second-order valence-corrected chi connectivity index (χ2v) is 12.8. The molecule has 0 aromatic rings. The zero-order chi connectivity index (χ0) is 32.1. The van der Waals surface area contributed by atoms with Crippen LogP contribution in [0.5, 0.6) is 0 Å². The molecule has 0 atom stereocenters. The molecule has 42 heavy (non-hydrogen) atoms. The van der Waals surface area contributed by atoms with Crippen LogP contribution >= 0.6 is 0 Å². The lowest BCUT2D eigenvalue weighted by molar-refractivity contribution is -0.138. The fraction of sp³-hybridized carbons (Fsp3) is 0.786. The number of carbonyl (C=O) groups is 6. The Morgan fingerprint density at radius 1 is 0.500 bits per heavy atom. The van der Waals surface area contributed by atoms with Crippen LogP contribution in [0.3, 0.4) is 0 Å². The molecule has 0 saturated carbocycles. The van der Waals surface area contributed by atoms with Crippen LogP contribution in [0, 0.1) is 10.8 Å². The Bertz CT molecular complexity index is 867. The number of nitrogens with one attached hydrogen (secondary N) is 2. The van der Waals surface area contributed by atoms with Crippen molar-refractivity contribution in [2.75, 3.05) is 91.6 Å². The van der Waals surface area contributed by atoms with Crippen molar-refractivity contribution in [1.82, 2.24) is 30.2 Å². The molecule has 1 rings (SSSR count). The number of nitrogens with zero attached hydrogens (tertiary/aromatic N) is 4. The third-order valence-corrected chi connectivity index (χ3v) is 6.95. The van der Waals surface area contributed by atoms with E-state index in [-0.39, 0.29) is 37.7 Å². The van der Waals surface area contributed by atoms with Crippen molar-refractivity contribution in [3.05, 3.63) is 0 Å². The molecule has 0 aromatic heterocycles. The minimum absolute atomic E-state index is 0.0364. The van der Waals surface area contributed by atoms with Crippen molar-refractivity contribution in [2.45, 2.75) is 41.5 Å². The van der Waals surface area contributed by atoms with E-state index in [0.29, 0.717) is 52.4 Å². The van der Waals surface area contributed by atoms with Crippen molar-refractivity contribution < 1.29 is 39.0 Å². The molecule has 1 fully saturated rings. The molecular formula is C28H50N6O8. The third-order valence-electron chi connectivity index (χ3n) is 6.95. The van der Waals surface area contributed by atoms with Gasteiger partial charge in [-0.05, 0) is 0 Å². The number of amides is 2. The average Bonchev–Trinajstić information content (AvgIpc) is 2.86. The SMILES string of the molecule is CC(C)(C)C(=O)CN1CCN(CC(=O)NCC(=O)O)CCN(CC(=O)C(C)(C)C)CCN(CC(=O)NCC(=O)O)CC1. The largest absolute Gasteiger partial charge is 0.480 e. The molecule has 1 saturated heterocycles. The summed E-state index contributed by atoms with van der Waals surface area (Å²) < 4.78 is 0. The van der Waals surface area contributed by atoms with Gasteiger partial charge in [0.05, 0.1) is 26.2 Å². The number of hydrogen-bond donors (Lipinski definition) is 4. The number of hydrogen-bond acceptors (Lipinski definition) is 10. The standard InChI is InChI=1S/C28H50N6O8/c1-27(2,3)21(35)17-31-7-11-33(19-23(37)29-15-25(39)40)13-9-32(18-22(36)28(4,5)6)10-14-34(12-8-31)20-24(38)30-16-26(41)42/h7-20H2,1-6H3,(H,29,37)(H,30,38)(H,39,40)(H,41,42). The van der Waals surface area contributed by atoms with Gasteiger partial charge < -0.3 is 20.8 Å². The molecule has 0 unspecified atom stereocenters. The summed E-state index contributed by atoms with van der Waals surface area (Å²) in [5.41, 5.74) is -1.12. The summed E-state index contributed by atoms with van der Waals surface area (Å²) in [5.74, 6) is -3.07. The van der Waals surface area contributed by atoms with Crippen molar-refractivity contribution in [1.29, 1.82) is 0 Å². The molecule has 240 valence electrons. The lowest BCUT2D eigenvalue weighted by Gasteiger charge is -2.34. The monoisotopic (exact) mass is 598 g/mol. The number of ketones is 2. The van der Waals surface area contributed by atoms with Crippen LogP contribution in [-0.4, -0.2) is 157 Å². The first-order valence-corrected chi connectivity index (χ1v) is 14.3. The molecule has 0 spiro atoms. The maximum Gasteiger partial charge on any atom is 0.322 e. The van der Waals surface area contributed by atoms with Gasteiger partial charge in [-0.15, -0.1) is 0 Å². The van der Waals surface area contributed by atoms with Crippen molar-refractivity contribution >= 4 is 35.3 Å². The average molecular weight is 599 g/mol. The summed E-state index contributed by atoms with van der Waals surface area (Å²) in [6.07, 6.45) is 0. The molecule has 2 amide bonds. The molecule has 0 aromatic carbocycles. The van der Waals surface area contributed by atoms with E-state index < -0.39 is 47.7 Å². The van der Waals surface area contributed by atoms with Gasteiger partial charge in [0.25, 0.3) is 0 Å². The zero-order valence-corrected chi connectivity index (χ0v) is 26.0. The van der Waals surface area contributed by atoms with E-state index in [1.54, 1.807) is 0 Å². The van der Waals surface area contributed by atoms with Crippen LogP contribution < -0.4 is 10.6 Å². The summed E-state index contributed by atoms with van der Waals surface area (Å²) in [7, 11) is 0. The Morgan fingerprint density at radius 3 is 0.952 bits per heavy atom. The molecule has 0 aliphatic carbocycles. The molecule has 1 aliphatic rings. The molecule has 4 N–H and O–H groups in total.